The van der Waals surface area contributed by atoms with Gasteiger partial charge in [-0.1, -0.05) is 0 Å². The molecule has 2 rings (SSSR count). The van der Waals surface area contributed by atoms with Crippen molar-refractivity contribution in [2.45, 2.75) is 6.92 Å². The molecule has 0 aliphatic rings. The molecule has 0 aliphatic carbocycles. The van der Waals surface area contributed by atoms with Gasteiger partial charge in [-0.05, 0) is 24.6 Å². The average Bonchev–Trinajstić information content (AvgIpc) is 2.61. The zero-order valence-corrected chi connectivity index (χ0v) is 9.43. The molecule has 0 spiro atoms. The molecule has 0 N–H and O–H groups in total. The highest BCUT2D eigenvalue weighted by atomic mass is 35.5. The molecule has 4 nitrogen and oxygen atoms in total. The number of halogens is 1. The van der Waals surface area contributed by atoms with E-state index in [0.29, 0.717) is 27.7 Å². The Morgan fingerprint density at radius 3 is 3.13 bits per heavy atom. The lowest BCUT2D eigenvalue weighted by Gasteiger charge is -1.99. The summed E-state index contributed by atoms with van der Waals surface area (Å²) in [6.07, 6.45) is 1.53. The third-order valence-corrected chi connectivity index (χ3v) is 3.05. The third-order valence-electron chi connectivity index (χ3n) is 1.70. The summed E-state index contributed by atoms with van der Waals surface area (Å²) in [5.74, 6) is 0.455. The molecule has 0 aromatic carbocycles. The van der Waals surface area contributed by atoms with Crippen molar-refractivity contribution in [1.82, 2.24) is 9.97 Å². The van der Waals surface area contributed by atoms with Crippen molar-refractivity contribution in [3.63, 3.8) is 0 Å². The monoisotopic (exact) mass is 242 g/mol. The molecule has 78 valence electrons. The summed E-state index contributed by atoms with van der Waals surface area (Å²) < 4.78 is 5.20. The Kier molecular flexibility index (Phi) is 2.83. The maximum absolute atomic E-state index is 10.9. The number of hydrogen-bond acceptors (Lipinski definition) is 5. The van der Waals surface area contributed by atoms with E-state index in [-0.39, 0.29) is 0 Å². The Labute approximate surface area is 94.9 Å². The fourth-order valence-corrected chi connectivity index (χ4v) is 2.06. The van der Waals surface area contributed by atoms with Crippen LogP contribution in [-0.2, 0) is 0 Å². The molecule has 0 unspecified atom stereocenters. The van der Waals surface area contributed by atoms with Gasteiger partial charge >= 0.3 is 0 Å². The van der Waals surface area contributed by atoms with E-state index in [9.17, 15) is 4.79 Å². The first kappa shape index (κ1) is 10.3. The van der Waals surface area contributed by atoms with Gasteiger partial charge in [-0.15, -0.1) is 11.3 Å². The second-order valence-electron chi connectivity index (χ2n) is 2.72. The predicted octanol–water partition coefficient (Wildman–Crippen LogP) is 2.47. The summed E-state index contributed by atoms with van der Waals surface area (Å²) in [7, 11) is 0. The molecule has 15 heavy (non-hydrogen) atoms. The molecule has 2 aromatic heterocycles. The molecule has 0 amide bonds. The Balaban J connectivity index is 2.47. The normalized spacial score (nSPS) is 10.5. The lowest BCUT2D eigenvalue weighted by Crippen LogP contribution is -1.94. The maximum Gasteiger partial charge on any atom is 0.262 e. The molecular formula is C9H7ClN2O2S. The SMILES string of the molecule is CCOc1cnc2sc(C(=O)Cl)cc2n1. The number of nitrogens with zero attached hydrogens (tertiary/aromatic N) is 2. The number of carbonyl (C=O) groups is 1. The number of carbonyl (C=O) groups excluding carboxylic acids is 1. The first-order chi connectivity index (χ1) is 7.20. The van der Waals surface area contributed by atoms with Crippen LogP contribution in [0.2, 0.25) is 0 Å². The van der Waals surface area contributed by atoms with Crippen LogP contribution in [0.25, 0.3) is 10.3 Å². The number of aromatic nitrogens is 2. The second kappa shape index (κ2) is 4.12. The quantitative estimate of drug-likeness (QED) is 0.776. The first-order valence-corrected chi connectivity index (χ1v) is 5.49. The van der Waals surface area contributed by atoms with Crippen molar-refractivity contribution in [2.24, 2.45) is 0 Å². The highest BCUT2D eigenvalue weighted by molar-refractivity contribution is 7.21. The molecule has 6 heteroatoms. The van der Waals surface area contributed by atoms with Crippen molar-refractivity contribution in [1.29, 1.82) is 0 Å². The van der Waals surface area contributed by atoms with E-state index in [4.69, 9.17) is 16.3 Å². The van der Waals surface area contributed by atoms with Crippen molar-refractivity contribution in [3.8, 4) is 5.88 Å². The Bertz CT molecular complexity index is 512. The molecule has 0 saturated carbocycles. The van der Waals surface area contributed by atoms with Crippen molar-refractivity contribution in [2.75, 3.05) is 6.61 Å². The summed E-state index contributed by atoms with van der Waals surface area (Å²) in [5.41, 5.74) is 0.634. The molecule has 0 radical (unpaired) electrons. The smallest absolute Gasteiger partial charge is 0.262 e. The van der Waals surface area contributed by atoms with Crippen LogP contribution in [0.4, 0.5) is 0 Å². The number of thiophene rings is 1. The molecule has 2 heterocycles. The fourth-order valence-electron chi connectivity index (χ4n) is 1.12. The van der Waals surface area contributed by atoms with Crippen molar-refractivity contribution in [3.05, 3.63) is 17.1 Å². The van der Waals surface area contributed by atoms with E-state index in [1.165, 1.54) is 17.5 Å². The highest BCUT2D eigenvalue weighted by Crippen LogP contribution is 2.24. The van der Waals surface area contributed by atoms with Gasteiger partial charge in [0.2, 0.25) is 5.88 Å². The summed E-state index contributed by atoms with van der Waals surface area (Å²) in [6.45, 7) is 2.40. The van der Waals surface area contributed by atoms with Gasteiger partial charge in [0.1, 0.15) is 10.3 Å². The Morgan fingerprint density at radius 1 is 1.67 bits per heavy atom. The third kappa shape index (κ3) is 2.08. The van der Waals surface area contributed by atoms with E-state index in [2.05, 4.69) is 9.97 Å². The largest absolute Gasteiger partial charge is 0.477 e. The lowest BCUT2D eigenvalue weighted by molar-refractivity contribution is 0.108. The van der Waals surface area contributed by atoms with Crippen LogP contribution in [0.15, 0.2) is 12.3 Å². The van der Waals surface area contributed by atoms with E-state index in [0.717, 1.165) is 0 Å². The average molecular weight is 243 g/mol. The van der Waals surface area contributed by atoms with Crippen LogP contribution in [0.3, 0.4) is 0 Å². The van der Waals surface area contributed by atoms with Gasteiger partial charge in [-0.3, -0.25) is 4.79 Å². The molecule has 0 fully saturated rings. The van der Waals surface area contributed by atoms with Gasteiger partial charge in [0.05, 0.1) is 17.7 Å². The summed E-state index contributed by atoms with van der Waals surface area (Å²) in [6, 6.07) is 1.62. The van der Waals surface area contributed by atoms with Gasteiger partial charge in [-0.25, -0.2) is 9.97 Å². The molecular weight excluding hydrogens is 236 g/mol. The number of hydrogen-bond donors (Lipinski definition) is 0. The number of rotatable bonds is 3. The fraction of sp³-hybridized carbons (Fsp3) is 0.222. The van der Waals surface area contributed by atoms with Crippen LogP contribution in [0.5, 0.6) is 5.88 Å². The van der Waals surface area contributed by atoms with E-state index < -0.39 is 5.24 Å². The van der Waals surface area contributed by atoms with E-state index in [1.54, 1.807) is 6.07 Å². The van der Waals surface area contributed by atoms with Gasteiger partial charge < -0.3 is 4.74 Å². The molecule has 0 aliphatic heterocycles. The minimum Gasteiger partial charge on any atom is -0.477 e. The minimum absolute atomic E-state index is 0.445. The standard InChI is InChI=1S/C9H7ClN2O2S/c1-2-14-7-4-11-9-5(12-7)3-6(15-9)8(10)13/h3-4H,2H2,1H3. The van der Waals surface area contributed by atoms with Gasteiger partial charge in [0, 0.05) is 0 Å². The summed E-state index contributed by atoms with van der Waals surface area (Å²) >= 11 is 6.58. The van der Waals surface area contributed by atoms with Gasteiger partial charge in [-0.2, -0.15) is 0 Å². The lowest BCUT2D eigenvalue weighted by atomic mass is 10.4. The van der Waals surface area contributed by atoms with Crippen LogP contribution >= 0.6 is 22.9 Å². The van der Waals surface area contributed by atoms with Crippen LogP contribution in [-0.4, -0.2) is 21.8 Å². The number of fused-ring (bicyclic) bond motifs is 1. The second-order valence-corrected chi connectivity index (χ2v) is 4.09. The Hall–Kier alpha value is -1.20. The minimum atomic E-state index is -0.488. The Morgan fingerprint density at radius 2 is 2.47 bits per heavy atom. The van der Waals surface area contributed by atoms with Crippen LogP contribution < -0.4 is 4.74 Å². The van der Waals surface area contributed by atoms with Crippen molar-refractivity contribution < 1.29 is 9.53 Å². The zero-order chi connectivity index (χ0) is 10.8. The highest BCUT2D eigenvalue weighted by Gasteiger charge is 2.10. The summed E-state index contributed by atoms with van der Waals surface area (Å²) in [4.78, 5) is 20.3. The maximum atomic E-state index is 10.9. The molecule has 2 aromatic rings. The summed E-state index contributed by atoms with van der Waals surface area (Å²) in [5, 5.41) is -0.488. The topological polar surface area (TPSA) is 52.1 Å². The van der Waals surface area contributed by atoms with Crippen molar-refractivity contribution >= 4 is 38.5 Å². The van der Waals surface area contributed by atoms with Crippen LogP contribution in [0, 0.1) is 0 Å². The molecule has 0 bridgehead atoms. The van der Waals surface area contributed by atoms with Gasteiger partial charge in [0.15, 0.2) is 0 Å². The van der Waals surface area contributed by atoms with Gasteiger partial charge in [0.25, 0.3) is 5.24 Å². The van der Waals surface area contributed by atoms with E-state index >= 15 is 0 Å². The molecule has 0 atom stereocenters. The van der Waals surface area contributed by atoms with E-state index in [1.807, 2.05) is 6.92 Å². The first-order valence-electron chi connectivity index (χ1n) is 4.30. The predicted molar refractivity (Wildman–Crippen MR) is 58.8 cm³/mol. The number of ether oxygens (including phenoxy) is 1. The molecule has 0 saturated heterocycles. The zero-order valence-electron chi connectivity index (χ0n) is 7.86. The van der Waals surface area contributed by atoms with Crippen LogP contribution in [0.1, 0.15) is 16.6 Å².